The van der Waals surface area contributed by atoms with E-state index < -0.39 is 11.9 Å². The van der Waals surface area contributed by atoms with Crippen LogP contribution in [0.25, 0.3) is 0 Å². The van der Waals surface area contributed by atoms with Crippen LogP contribution in [0.2, 0.25) is 0 Å². The van der Waals surface area contributed by atoms with Crippen molar-refractivity contribution in [2.24, 2.45) is 0 Å². The van der Waals surface area contributed by atoms with E-state index in [1.807, 2.05) is 0 Å². The van der Waals surface area contributed by atoms with Crippen LogP contribution in [-0.2, 0) is 9.59 Å². The standard InChI is InChI=1S/C6H11NO5.2Ca/c8-2-1-7(3-5(9)10)4-6(11)12;;/h8H,1-4H2,(H,9,10)(H,11,12);;. The topological polar surface area (TPSA) is 98.1 Å². The third-order valence-corrected chi connectivity index (χ3v) is 1.13. The number of rotatable bonds is 6. The van der Waals surface area contributed by atoms with Gasteiger partial charge in [-0.15, -0.1) is 0 Å². The number of aliphatic carboxylic acids is 2. The van der Waals surface area contributed by atoms with E-state index in [-0.39, 0.29) is 102 Å². The molecule has 0 aliphatic rings. The van der Waals surface area contributed by atoms with E-state index in [9.17, 15) is 9.59 Å². The fourth-order valence-corrected chi connectivity index (χ4v) is 0.738. The number of carbonyl (C=O) groups is 2. The zero-order chi connectivity index (χ0) is 9.56. The molecule has 0 spiro atoms. The molecule has 0 aromatic heterocycles. The molecule has 8 heteroatoms. The zero-order valence-corrected chi connectivity index (χ0v) is 12.3. The number of aliphatic hydroxyl groups is 1. The summed E-state index contributed by atoms with van der Waals surface area (Å²) < 4.78 is 0. The van der Waals surface area contributed by atoms with Crippen LogP contribution in [0.3, 0.4) is 0 Å². The van der Waals surface area contributed by atoms with Gasteiger partial charge in [0, 0.05) is 82.0 Å². The molecule has 3 N–H and O–H groups in total. The molecule has 0 saturated carbocycles. The van der Waals surface area contributed by atoms with Gasteiger partial charge in [0.25, 0.3) is 0 Å². The van der Waals surface area contributed by atoms with Gasteiger partial charge in [-0.25, -0.2) is 0 Å². The maximum absolute atomic E-state index is 10.1. The van der Waals surface area contributed by atoms with Crippen molar-refractivity contribution in [2.45, 2.75) is 0 Å². The van der Waals surface area contributed by atoms with Gasteiger partial charge < -0.3 is 15.3 Å². The number of nitrogens with zero attached hydrogens (tertiary/aromatic N) is 1. The zero-order valence-electron chi connectivity index (χ0n) is 7.85. The number of carboxylic acids is 2. The second-order valence-electron chi connectivity index (χ2n) is 2.22. The summed E-state index contributed by atoms with van der Waals surface area (Å²) in [6.45, 7) is -0.932. The average Bonchev–Trinajstić information content (AvgIpc) is 1.84. The van der Waals surface area contributed by atoms with Gasteiger partial charge in [0.15, 0.2) is 0 Å². The molecule has 0 aliphatic carbocycles. The first-order valence-electron chi connectivity index (χ1n) is 3.33. The monoisotopic (exact) mass is 257 g/mol. The minimum atomic E-state index is -1.11. The summed E-state index contributed by atoms with van der Waals surface area (Å²) in [5.41, 5.74) is 0. The van der Waals surface area contributed by atoms with Crippen LogP contribution in [0.5, 0.6) is 0 Å². The van der Waals surface area contributed by atoms with E-state index in [1.54, 1.807) is 0 Å². The van der Waals surface area contributed by atoms with E-state index in [2.05, 4.69) is 0 Å². The third-order valence-electron chi connectivity index (χ3n) is 1.13. The molecule has 74 valence electrons. The second-order valence-corrected chi connectivity index (χ2v) is 2.22. The predicted octanol–water partition coefficient (Wildman–Crippen LogP) is -2.31. The van der Waals surface area contributed by atoms with Crippen molar-refractivity contribution in [2.75, 3.05) is 26.2 Å². The van der Waals surface area contributed by atoms with Crippen LogP contribution in [-0.4, -0.2) is 134 Å². The Balaban J connectivity index is -0.000000605. The van der Waals surface area contributed by atoms with Gasteiger partial charge in [-0.3, -0.25) is 14.5 Å². The van der Waals surface area contributed by atoms with Gasteiger partial charge in [-0.05, 0) is 0 Å². The summed E-state index contributed by atoms with van der Waals surface area (Å²) >= 11 is 0. The Hall–Kier alpha value is 1.38. The quantitative estimate of drug-likeness (QED) is 0.462. The number of aliphatic hydroxyl groups excluding tert-OH is 1. The molecule has 0 rings (SSSR count). The first-order valence-corrected chi connectivity index (χ1v) is 3.33. The summed E-state index contributed by atoms with van der Waals surface area (Å²) in [7, 11) is 0. The Labute approximate surface area is 141 Å². The Bertz CT molecular complexity index is 162. The predicted molar refractivity (Wildman–Crippen MR) is 50.3 cm³/mol. The van der Waals surface area contributed by atoms with Gasteiger partial charge in [0.1, 0.15) is 0 Å². The van der Waals surface area contributed by atoms with Crippen molar-refractivity contribution < 1.29 is 24.9 Å². The van der Waals surface area contributed by atoms with E-state index in [0.29, 0.717) is 0 Å². The maximum Gasteiger partial charge on any atom is 0.317 e. The van der Waals surface area contributed by atoms with Crippen molar-refractivity contribution in [3.63, 3.8) is 0 Å². The fraction of sp³-hybridized carbons (Fsp3) is 0.667. The summed E-state index contributed by atoms with van der Waals surface area (Å²) in [6.07, 6.45) is 0. The second kappa shape index (κ2) is 12.4. The summed E-state index contributed by atoms with van der Waals surface area (Å²) in [5.74, 6) is -2.21. The van der Waals surface area contributed by atoms with Crippen molar-refractivity contribution in [1.29, 1.82) is 0 Å². The fourth-order valence-electron chi connectivity index (χ4n) is 0.738. The first-order chi connectivity index (χ1) is 5.56. The minimum Gasteiger partial charge on any atom is -0.480 e. The largest absolute Gasteiger partial charge is 0.480 e. The number of carboxylic acid groups (broad SMARTS) is 2. The van der Waals surface area contributed by atoms with Crippen molar-refractivity contribution in [3.8, 4) is 0 Å². The molecule has 0 amide bonds. The Morgan fingerprint density at radius 1 is 1.00 bits per heavy atom. The van der Waals surface area contributed by atoms with E-state index in [0.717, 1.165) is 4.90 Å². The molecule has 6 nitrogen and oxygen atoms in total. The summed E-state index contributed by atoms with van der Waals surface area (Å²) in [6, 6.07) is 0. The smallest absolute Gasteiger partial charge is 0.317 e. The molecule has 14 heavy (non-hydrogen) atoms. The number of hydrogen-bond acceptors (Lipinski definition) is 4. The molecule has 0 bridgehead atoms. The molecule has 0 unspecified atom stereocenters. The summed E-state index contributed by atoms with van der Waals surface area (Å²) in [4.78, 5) is 21.4. The van der Waals surface area contributed by atoms with Crippen molar-refractivity contribution in [3.05, 3.63) is 0 Å². The van der Waals surface area contributed by atoms with Crippen LogP contribution in [0, 0.1) is 0 Å². The molecule has 0 saturated heterocycles. The van der Waals surface area contributed by atoms with Gasteiger partial charge >= 0.3 is 11.9 Å². The first kappa shape index (κ1) is 20.8. The van der Waals surface area contributed by atoms with E-state index >= 15 is 0 Å². The molecule has 0 heterocycles. The van der Waals surface area contributed by atoms with E-state index in [1.165, 1.54) is 0 Å². The van der Waals surface area contributed by atoms with Gasteiger partial charge in [0.2, 0.25) is 0 Å². The SMILES string of the molecule is O=C(O)CN(CCO)CC(=O)O.[Ca].[Ca]. The van der Waals surface area contributed by atoms with Crippen molar-refractivity contribution in [1.82, 2.24) is 4.90 Å². The van der Waals surface area contributed by atoms with Gasteiger partial charge in [-0.2, -0.15) is 0 Å². The van der Waals surface area contributed by atoms with Crippen LogP contribution in [0.4, 0.5) is 0 Å². The van der Waals surface area contributed by atoms with Crippen LogP contribution in [0.15, 0.2) is 0 Å². The van der Waals surface area contributed by atoms with Gasteiger partial charge in [-0.1, -0.05) is 0 Å². The Morgan fingerprint density at radius 2 is 1.36 bits per heavy atom. The van der Waals surface area contributed by atoms with Crippen LogP contribution < -0.4 is 0 Å². The average molecular weight is 257 g/mol. The van der Waals surface area contributed by atoms with Crippen molar-refractivity contribution >= 4 is 87.4 Å². The normalized spacial score (nSPS) is 8.71. The van der Waals surface area contributed by atoms with Gasteiger partial charge in [0.05, 0.1) is 19.7 Å². The summed E-state index contributed by atoms with van der Waals surface area (Å²) in [5, 5.41) is 25.0. The molecular weight excluding hydrogens is 246 g/mol. The van der Waals surface area contributed by atoms with Crippen LogP contribution >= 0.6 is 0 Å². The molecule has 0 atom stereocenters. The minimum absolute atomic E-state index is 0. The third kappa shape index (κ3) is 13.4. The molecule has 4 radical (unpaired) electrons. The molecule has 0 aromatic carbocycles. The molecular formula is C6H11Ca2NO5. The Kier molecular flexibility index (Phi) is 18.5. The van der Waals surface area contributed by atoms with Crippen LogP contribution in [0.1, 0.15) is 0 Å². The molecule has 0 aromatic rings. The molecule has 0 fully saturated rings. The van der Waals surface area contributed by atoms with E-state index in [4.69, 9.17) is 15.3 Å². The molecule has 0 aliphatic heterocycles. The maximum atomic E-state index is 10.1. The number of hydrogen-bond donors (Lipinski definition) is 3. The Morgan fingerprint density at radius 3 is 1.57 bits per heavy atom.